The van der Waals surface area contributed by atoms with Gasteiger partial charge in [-0.25, -0.2) is 4.98 Å². The van der Waals surface area contributed by atoms with E-state index in [1.165, 1.54) is 0 Å². The molecule has 1 atom stereocenters. The minimum absolute atomic E-state index is 0.370. The summed E-state index contributed by atoms with van der Waals surface area (Å²) in [6.45, 7) is 1.75. The van der Waals surface area contributed by atoms with Crippen LogP contribution in [0, 0.1) is 0 Å². The van der Waals surface area contributed by atoms with E-state index in [1.54, 1.807) is 13.1 Å². The van der Waals surface area contributed by atoms with E-state index in [2.05, 4.69) is 9.97 Å². The van der Waals surface area contributed by atoms with E-state index in [0.29, 0.717) is 6.42 Å². The first kappa shape index (κ1) is 9.09. The van der Waals surface area contributed by atoms with E-state index in [0.717, 1.165) is 16.7 Å². The zero-order chi connectivity index (χ0) is 9.97. The molecule has 1 aromatic heterocycles. The Balaban J connectivity index is 2.41. The number of para-hydroxylation sites is 2. The summed E-state index contributed by atoms with van der Waals surface area (Å²) in [6, 6.07) is 7.72. The van der Waals surface area contributed by atoms with Crippen LogP contribution in [0.2, 0.25) is 0 Å². The fraction of sp³-hybridized carbons (Fsp3) is 0.273. The molecule has 1 aromatic carbocycles. The van der Waals surface area contributed by atoms with Crippen LogP contribution in [0.25, 0.3) is 11.0 Å². The lowest BCUT2D eigenvalue weighted by molar-refractivity contribution is 0.194. The molecule has 0 bridgehead atoms. The van der Waals surface area contributed by atoms with Crippen LogP contribution in [-0.2, 0) is 6.42 Å². The first-order chi connectivity index (χ1) is 6.75. The molecule has 0 aliphatic heterocycles. The Bertz CT molecular complexity index is 440. The fourth-order valence-electron chi connectivity index (χ4n) is 1.40. The van der Waals surface area contributed by atoms with Crippen LogP contribution in [0.15, 0.2) is 30.5 Å². The lowest BCUT2D eigenvalue weighted by Gasteiger charge is -2.03. The van der Waals surface area contributed by atoms with E-state index >= 15 is 0 Å². The van der Waals surface area contributed by atoms with Crippen LogP contribution >= 0.6 is 0 Å². The molecule has 0 radical (unpaired) electrons. The molecular formula is C11H12N2O. The van der Waals surface area contributed by atoms with Gasteiger partial charge < -0.3 is 5.11 Å². The molecule has 0 saturated heterocycles. The van der Waals surface area contributed by atoms with E-state index in [4.69, 9.17) is 0 Å². The van der Waals surface area contributed by atoms with Crippen molar-refractivity contribution >= 4 is 11.0 Å². The number of hydrogen-bond acceptors (Lipinski definition) is 3. The van der Waals surface area contributed by atoms with E-state index in [1.807, 2.05) is 24.3 Å². The van der Waals surface area contributed by atoms with Gasteiger partial charge in [-0.05, 0) is 19.1 Å². The van der Waals surface area contributed by atoms with Gasteiger partial charge in [0, 0.05) is 12.6 Å². The molecule has 1 heterocycles. The van der Waals surface area contributed by atoms with Crippen molar-refractivity contribution < 1.29 is 5.11 Å². The SMILES string of the molecule is C[C@H](O)Cc1cnc2ccccc2n1. The third-order valence-electron chi connectivity index (χ3n) is 2.00. The largest absolute Gasteiger partial charge is 0.393 e. The first-order valence-corrected chi connectivity index (χ1v) is 4.64. The van der Waals surface area contributed by atoms with Crippen molar-refractivity contribution in [2.24, 2.45) is 0 Å². The van der Waals surface area contributed by atoms with E-state index < -0.39 is 0 Å². The zero-order valence-electron chi connectivity index (χ0n) is 8.01. The van der Waals surface area contributed by atoms with Crippen LogP contribution in [0.5, 0.6) is 0 Å². The quantitative estimate of drug-likeness (QED) is 0.777. The number of hydrogen-bond donors (Lipinski definition) is 1. The number of benzene rings is 1. The van der Waals surface area contributed by atoms with E-state index in [-0.39, 0.29) is 6.10 Å². The summed E-state index contributed by atoms with van der Waals surface area (Å²) in [5.74, 6) is 0. The summed E-state index contributed by atoms with van der Waals surface area (Å²) in [5.41, 5.74) is 2.60. The van der Waals surface area contributed by atoms with Gasteiger partial charge in [-0.2, -0.15) is 0 Å². The second-order valence-corrected chi connectivity index (χ2v) is 3.40. The highest BCUT2D eigenvalue weighted by Crippen LogP contribution is 2.09. The van der Waals surface area contributed by atoms with Gasteiger partial charge in [-0.15, -0.1) is 0 Å². The van der Waals surface area contributed by atoms with Crippen LogP contribution in [0.3, 0.4) is 0 Å². The highest BCUT2D eigenvalue weighted by molar-refractivity contribution is 5.73. The molecule has 0 saturated carbocycles. The highest BCUT2D eigenvalue weighted by atomic mass is 16.3. The van der Waals surface area contributed by atoms with Gasteiger partial charge in [0.05, 0.1) is 22.8 Å². The third kappa shape index (κ3) is 1.88. The predicted octanol–water partition coefficient (Wildman–Crippen LogP) is 1.55. The van der Waals surface area contributed by atoms with Gasteiger partial charge in [-0.1, -0.05) is 12.1 Å². The summed E-state index contributed by atoms with van der Waals surface area (Å²) < 4.78 is 0. The molecule has 0 fully saturated rings. The summed E-state index contributed by atoms with van der Waals surface area (Å²) in [5, 5.41) is 9.21. The Labute approximate surface area is 82.4 Å². The van der Waals surface area contributed by atoms with Crippen molar-refractivity contribution in [1.29, 1.82) is 0 Å². The molecule has 1 N–H and O–H groups in total. The molecule has 2 aromatic rings. The molecule has 0 unspecified atom stereocenters. The Morgan fingerprint density at radius 1 is 1.29 bits per heavy atom. The van der Waals surface area contributed by atoms with Crippen molar-refractivity contribution in [3.05, 3.63) is 36.2 Å². The zero-order valence-corrected chi connectivity index (χ0v) is 8.01. The number of aliphatic hydroxyl groups is 1. The predicted molar refractivity (Wildman–Crippen MR) is 54.9 cm³/mol. The Kier molecular flexibility index (Phi) is 2.41. The normalized spacial score (nSPS) is 13.0. The molecule has 0 aliphatic carbocycles. The van der Waals surface area contributed by atoms with Crippen molar-refractivity contribution in [2.75, 3.05) is 0 Å². The summed E-state index contributed by atoms with van der Waals surface area (Å²) >= 11 is 0. The summed E-state index contributed by atoms with van der Waals surface area (Å²) in [4.78, 5) is 8.65. The number of nitrogens with zero attached hydrogens (tertiary/aromatic N) is 2. The minimum atomic E-state index is -0.370. The van der Waals surface area contributed by atoms with Crippen LogP contribution < -0.4 is 0 Å². The van der Waals surface area contributed by atoms with Crippen molar-refractivity contribution in [1.82, 2.24) is 9.97 Å². The third-order valence-corrected chi connectivity index (χ3v) is 2.00. The average molecular weight is 188 g/mol. The Morgan fingerprint density at radius 3 is 2.71 bits per heavy atom. The number of aromatic nitrogens is 2. The standard InChI is InChI=1S/C11H12N2O/c1-8(14)6-9-7-12-10-4-2-3-5-11(10)13-9/h2-5,7-8,14H,6H2,1H3/t8-/m0/s1. The van der Waals surface area contributed by atoms with Crippen molar-refractivity contribution in [3.8, 4) is 0 Å². The lowest BCUT2D eigenvalue weighted by atomic mass is 10.2. The Hall–Kier alpha value is -1.48. The minimum Gasteiger partial charge on any atom is -0.393 e. The number of aliphatic hydroxyl groups excluding tert-OH is 1. The molecule has 0 aliphatic rings. The topological polar surface area (TPSA) is 46.0 Å². The second kappa shape index (κ2) is 3.72. The van der Waals surface area contributed by atoms with Gasteiger partial charge >= 0.3 is 0 Å². The molecule has 0 spiro atoms. The molecule has 3 heteroatoms. The smallest absolute Gasteiger partial charge is 0.0890 e. The van der Waals surface area contributed by atoms with Gasteiger partial charge in [-0.3, -0.25) is 4.98 Å². The van der Waals surface area contributed by atoms with Gasteiger partial charge in [0.25, 0.3) is 0 Å². The van der Waals surface area contributed by atoms with Crippen LogP contribution in [0.1, 0.15) is 12.6 Å². The lowest BCUT2D eigenvalue weighted by Crippen LogP contribution is -2.06. The fourth-order valence-corrected chi connectivity index (χ4v) is 1.40. The Morgan fingerprint density at radius 2 is 2.00 bits per heavy atom. The van der Waals surface area contributed by atoms with Crippen molar-refractivity contribution in [2.45, 2.75) is 19.4 Å². The maximum atomic E-state index is 9.21. The molecule has 72 valence electrons. The summed E-state index contributed by atoms with van der Waals surface area (Å²) in [6.07, 6.45) is 1.90. The second-order valence-electron chi connectivity index (χ2n) is 3.40. The summed E-state index contributed by atoms with van der Waals surface area (Å²) in [7, 11) is 0. The first-order valence-electron chi connectivity index (χ1n) is 4.64. The molecule has 14 heavy (non-hydrogen) atoms. The van der Waals surface area contributed by atoms with Gasteiger partial charge in [0.15, 0.2) is 0 Å². The molecule has 3 nitrogen and oxygen atoms in total. The highest BCUT2D eigenvalue weighted by Gasteiger charge is 2.02. The number of fused-ring (bicyclic) bond motifs is 1. The molecular weight excluding hydrogens is 176 g/mol. The molecule has 0 amide bonds. The number of rotatable bonds is 2. The van der Waals surface area contributed by atoms with E-state index in [9.17, 15) is 5.11 Å². The molecule has 2 rings (SSSR count). The van der Waals surface area contributed by atoms with Crippen LogP contribution in [0.4, 0.5) is 0 Å². The van der Waals surface area contributed by atoms with Gasteiger partial charge in [0.2, 0.25) is 0 Å². The maximum absolute atomic E-state index is 9.21. The monoisotopic (exact) mass is 188 g/mol. The maximum Gasteiger partial charge on any atom is 0.0890 e. The average Bonchev–Trinajstić information content (AvgIpc) is 2.17. The van der Waals surface area contributed by atoms with Gasteiger partial charge in [0.1, 0.15) is 0 Å². The van der Waals surface area contributed by atoms with Crippen molar-refractivity contribution in [3.63, 3.8) is 0 Å². The van der Waals surface area contributed by atoms with Crippen LogP contribution in [-0.4, -0.2) is 21.2 Å².